The van der Waals surface area contributed by atoms with Gasteiger partial charge in [-0.1, -0.05) is 60.7 Å². The number of carboxylic acids is 1. The fourth-order valence-corrected chi connectivity index (χ4v) is 4.04. The molecule has 3 aromatic carbocycles. The van der Waals surface area contributed by atoms with Gasteiger partial charge in [0.1, 0.15) is 6.61 Å². The number of ether oxygens (including phenoxy) is 1. The predicted octanol–water partition coefficient (Wildman–Crippen LogP) is 3.91. The fourth-order valence-electron chi connectivity index (χ4n) is 4.04. The van der Waals surface area contributed by atoms with Crippen LogP contribution in [0.5, 0.6) is 0 Å². The van der Waals surface area contributed by atoms with Crippen molar-refractivity contribution >= 4 is 12.1 Å². The van der Waals surface area contributed by atoms with Crippen LogP contribution in [0.4, 0.5) is 18.0 Å². The molecule has 0 fully saturated rings. The molecule has 0 spiro atoms. The van der Waals surface area contributed by atoms with Gasteiger partial charge in [-0.25, -0.2) is 4.79 Å². The summed E-state index contributed by atoms with van der Waals surface area (Å²) in [6.45, 7) is -0.0000920. The molecule has 1 amide bonds. The van der Waals surface area contributed by atoms with E-state index in [0.29, 0.717) is 5.56 Å². The van der Waals surface area contributed by atoms with Crippen molar-refractivity contribution in [2.24, 2.45) is 0 Å². The van der Waals surface area contributed by atoms with Crippen LogP contribution in [0.2, 0.25) is 0 Å². The highest BCUT2D eigenvalue weighted by molar-refractivity contribution is 5.80. The maximum absolute atomic E-state index is 12.7. The number of carbonyl (C=O) groups is 2. The van der Waals surface area contributed by atoms with E-state index >= 15 is 0 Å². The molecule has 3 aromatic rings. The molecular weight excluding hydrogens is 435 g/mol. The number of halogens is 3. The quantitative estimate of drug-likeness (QED) is 0.613. The van der Waals surface area contributed by atoms with Gasteiger partial charge in [0.2, 0.25) is 0 Å². The Morgan fingerprint density at radius 1 is 0.909 bits per heavy atom. The van der Waals surface area contributed by atoms with Gasteiger partial charge < -0.3 is 20.0 Å². The molecule has 1 aliphatic carbocycles. The Kier molecular flexibility index (Phi) is 6.09. The molecule has 33 heavy (non-hydrogen) atoms. The number of nitrogens with one attached hydrogen (secondary N) is 1. The topological polar surface area (TPSA) is 78.5 Å². The number of amides is 1. The minimum absolute atomic E-state index is 0.0000920. The molecule has 0 aliphatic heterocycles. The number of hydrogen-bond donors (Lipinski definition) is 1. The summed E-state index contributed by atoms with van der Waals surface area (Å²) in [5.41, 5.74) is 3.58. The smallest absolute Gasteiger partial charge is 0.416 e. The molecular formula is C25H19F3NO4-. The maximum Gasteiger partial charge on any atom is 0.416 e. The summed E-state index contributed by atoms with van der Waals surface area (Å²) >= 11 is 0. The lowest BCUT2D eigenvalue weighted by molar-refractivity contribution is -0.308. The molecule has 0 heterocycles. The zero-order valence-corrected chi connectivity index (χ0v) is 17.3. The third kappa shape index (κ3) is 4.84. The molecule has 1 aliphatic rings. The van der Waals surface area contributed by atoms with E-state index in [1.54, 1.807) is 0 Å². The highest BCUT2D eigenvalue weighted by Crippen LogP contribution is 2.44. The van der Waals surface area contributed by atoms with Gasteiger partial charge in [0.05, 0.1) is 17.6 Å². The van der Waals surface area contributed by atoms with E-state index in [1.165, 1.54) is 0 Å². The Labute approximate surface area is 187 Å². The van der Waals surface area contributed by atoms with E-state index in [1.807, 2.05) is 48.5 Å². The molecule has 0 aromatic heterocycles. The van der Waals surface area contributed by atoms with Crippen molar-refractivity contribution in [3.63, 3.8) is 0 Å². The number of hydrogen-bond acceptors (Lipinski definition) is 4. The van der Waals surface area contributed by atoms with Crippen LogP contribution in [0, 0.1) is 0 Å². The average molecular weight is 454 g/mol. The van der Waals surface area contributed by atoms with Crippen LogP contribution in [-0.4, -0.2) is 24.7 Å². The van der Waals surface area contributed by atoms with E-state index in [9.17, 15) is 27.9 Å². The molecule has 4 rings (SSSR count). The van der Waals surface area contributed by atoms with E-state index in [2.05, 4.69) is 5.32 Å². The summed E-state index contributed by atoms with van der Waals surface area (Å²) in [5, 5.41) is 13.7. The van der Waals surface area contributed by atoms with E-state index < -0.39 is 29.8 Å². The van der Waals surface area contributed by atoms with E-state index in [4.69, 9.17) is 4.74 Å². The van der Waals surface area contributed by atoms with Crippen molar-refractivity contribution in [3.05, 3.63) is 95.1 Å². The first kappa shape index (κ1) is 22.4. The number of carboxylic acid groups (broad SMARTS) is 1. The van der Waals surface area contributed by atoms with Gasteiger partial charge in [0, 0.05) is 5.92 Å². The lowest BCUT2D eigenvalue weighted by atomic mass is 9.98. The van der Waals surface area contributed by atoms with Gasteiger partial charge in [-0.2, -0.15) is 13.2 Å². The number of fused-ring (bicyclic) bond motifs is 3. The molecule has 8 heteroatoms. The number of rotatable bonds is 6. The highest BCUT2D eigenvalue weighted by atomic mass is 19.4. The van der Waals surface area contributed by atoms with Crippen LogP contribution in [0.25, 0.3) is 11.1 Å². The molecule has 170 valence electrons. The van der Waals surface area contributed by atoms with Crippen LogP contribution >= 0.6 is 0 Å². The van der Waals surface area contributed by atoms with Crippen LogP contribution in [0.1, 0.15) is 28.2 Å². The number of alkyl carbamates (subject to hydrolysis) is 1. The monoisotopic (exact) mass is 454 g/mol. The van der Waals surface area contributed by atoms with Gasteiger partial charge in [-0.05, 0) is 46.4 Å². The van der Waals surface area contributed by atoms with Crippen molar-refractivity contribution < 1.29 is 32.6 Å². The molecule has 0 unspecified atom stereocenters. The van der Waals surface area contributed by atoms with Gasteiger partial charge >= 0.3 is 12.3 Å². The van der Waals surface area contributed by atoms with Gasteiger partial charge in [-0.3, -0.25) is 0 Å². The Balaban J connectivity index is 1.41. The molecule has 0 radical (unpaired) electrons. The standard InChI is InChI=1S/C25H20F3NO4/c26-25(27,28)16-11-9-15(10-12-16)13-22(23(30)31)29-24(32)33-14-21-19-7-3-1-5-17(19)18-6-2-4-8-20(18)21/h1-12,21-22H,13-14H2,(H,29,32)(H,30,31)/p-1/t22-/m0/s1. The van der Waals surface area contributed by atoms with Crippen molar-refractivity contribution in [1.82, 2.24) is 5.32 Å². The largest absolute Gasteiger partial charge is 0.548 e. The molecule has 0 bridgehead atoms. The minimum atomic E-state index is -4.49. The van der Waals surface area contributed by atoms with Gasteiger partial charge in [0.25, 0.3) is 0 Å². The van der Waals surface area contributed by atoms with Crippen LogP contribution in [0.3, 0.4) is 0 Å². The second kappa shape index (κ2) is 8.97. The Hall–Kier alpha value is -3.81. The summed E-state index contributed by atoms with van der Waals surface area (Å²) < 4.78 is 43.4. The van der Waals surface area contributed by atoms with E-state index in [-0.39, 0.29) is 18.9 Å². The minimum Gasteiger partial charge on any atom is -0.548 e. The predicted molar refractivity (Wildman–Crippen MR) is 112 cm³/mol. The third-order valence-corrected chi connectivity index (χ3v) is 5.64. The molecule has 0 saturated carbocycles. The summed E-state index contributed by atoms with van der Waals surface area (Å²) in [5.74, 6) is -1.76. The summed E-state index contributed by atoms with van der Waals surface area (Å²) in [6, 6.07) is 18.1. The van der Waals surface area contributed by atoms with Crippen molar-refractivity contribution in [2.45, 2.75) is 24.6 Å². The lowest BCUT2D eigenvalue weighted by Crippen LogP contribution is -2.49. The van der Waals surface area contributed by atoms with Crippen molar-refractivity contribution in [3.8, 4) is 11.1 Å². The second-order valence-electron chi connectivity index (χ2n) is 7.74. The molecule has 5 nitrogen and oxygen atoms in total. The third-order valence-electron chi connectivity index (χ3n) is 5.64. The SMILES string of the molecule is O=C(N[C@@H](Cc1ccc(C(F)(F)F)cc1)C(=O)[O-])OCC1c2ccccc2-c2ccccc21. The van der Waals surface area contributed by atoms with Crippen molar-refractivity contribution in [1.29, 1.82) is 0 Å². The lowest BCUT2D eigenvalue weighted by Gasteiger charge is -2.21. The number of alkyl halides is 3. The first-order valence-corrected chi connectivity index (χ1v) is 10.2. The number of carbonyl (C=O) groups excluding carboxylic acids is 2. The van der Waals surface area contributed by atoms with Crippen molar-refractivity contribution in [2.75, 3.05) is 6.61 Å². The van der Waals surface area contributed by atoms with Crippen LogP contribution in [0.15, 0.2) is 72.8 Å². The molecule has 1 N–H and O–H groups in total. The zero-order valence-electron chi connectivity index (χ0n) is 17.3. The molecule has 0 saturated heterocycles. The highest BCUT2D eigenvalue weighted by Gasteiger charge is 2.31. The first-order chi connectivity index (χ1) is 15.7. The number of benzene rings is 3. The van der Waals surface area contributed by atoms with Crippen LogP contribution < -0.4 is 10.4 Å². The summed E-state index contributed by atoms with van der Waals surface area (Å²) in [4.78, 5) is 23.8. The normalized spacial score (nSPS) is 13.7. The van der Waals surface area contributed by atoms with Crippen LogP contribution in [-0.2, 0) is 22.1 Å². The average Bonchev–Trinajstić information content (AvgIpc) is 3.11. The summed E-state index contributed by atoms with van der Waals surface area (Å²) in [6.07, 6.45) is -5.69. The summed E-state index contributed by atoms with van der Waals surface area (Å²) in [7, 11) is 0. The Bertz CT molecular complexity index is 1130. The second-order valence-corrected chi connectivity index (χ2v) is 7.74. The molecule has 1 atom stereocenters. The van der Waals surface area contributed by atoms with Gasteiger partial charge in [-0.15, -0.1) is 0 Å². The first-order valence-electron chi connectivity index (χ1n) is 10.2. The van der Waals surface area contributed by atoms with E-state index in [0.717, 1.165) is 46.5 Å². The zero-order chi connectivity index (χ0) is 23.6. The Morgan fingerprint density at radius 2 is 1.45 bits per heavy atom. The fraction of sp³-hybridized carbons (Fsp3) is 0.200. The maximum atomic E-state index is 12.7. The Morgan fingerprint density at radius 3 is 1.97 bits per heavy atom. The van der Waals surface area contributed by atoms with Gasteiger partial charge in [0.15, 0.2) is 0 Å². The number of aliphatic carboxylic acids is 1.